The van der Waals surface area contributed by atoms with E-state index < -0.39 is 5.60 Å². The lowest BCUT2D eigenvalue weighted by Crippen LogP contribution is -2.20. The number of hydrogen-bond donors (Lipinski definition) is 2. The molecule has 0 bridgehead atoms. The first-order chi connectivity index (χ1) is 4.98. The molecule has 0 spiro atoms. The largest absolute Gasteiger partial charge is 0.392 e. The fraction of sp³-hybridized carbons (Fsp3) is 0.556. The van der Waals surface area contributed by atoms with E-state index in [1.807, 2.05) is 6.92 Å². The van der Waals surface area contributed by atoms with Crippen molar-refractivity contribution in [1.82, 2.24) is 0 Å². The Kier molecular flexibility index (Phi) is 4.08. The molecule has 1 unspecified atom stereocenters. The third kappa shape index (κ3) is 5.83. The number of aliphatic hydroxyl groups is 2. The van der Waals surface area contributed by atoms with Crippen molar-refractivity contribution in [1.29, 1.82) is 0 Å². The molecule has 0 rings (SSSR count). The molecule has 64 valence electrons. The molecule has 0 aromatic rings. The topological polar surface area (TPSA) is 40.5 Å². The van der Waals surface area contributed by atoms with Crippen molar-refractivity contribution >= 4 is 0 Å². The second-order valence-electron chi connectivity index (χ2n) is 3.08. The summed E-state index contributed by atoms with van der Waals surface area (Å²) in [5.41, 5.74) is 0.0618. The fourth-order valence-electron chi connectivity index (χ4n) is 0.976. The Bertz CT molecular complexity index is 157. The first-order valence-electron chi connectivity index (χ1n) is 3.63. The van der Waals surface area contributed by atoms with Gasteiger partial charge in [0, 0.05) is 0 Å². The van der Waals surface area contributed by atoms with E-state index in [1.54, 1.807) is 13.0 Å². The molecule has 0 radical (unpaired) electrons. The standard InChI is InChI=1S/C9H16O2/c1-8(2)7-9(3,11)5-4-6-10/h4-5,10-11H,1,6-7H2,2-3H3. The predicted molar refractivity (Wildman–Crippen MR) is 46.3 cm³/mol. The molecule has 0 aromatic carbocycles. The maximum absolute atomic E-state index is 9.56. The Morgan fingerprint density at radius 2 is 2.18 bits per heavy atom. The van der Waals surface area contributed by atoms with Crippen LogP contribution in [0.2, 0.25) is 0 Å². The molecule has 0 saturated carbocycles. The van der Waals surface area contributed by atoms with Crippen LogP contribution in [0.25, 0.3) is 0 Å². The molecule has 0 saturated heterocycles. The van der Waals surface area contributed by atoms with Crippen molar-refractivity contribution in [3.8, 4) is 0 Å². The Hall–Kier alpha value is -0.600. The van der Waals surface area contributed by atoms with E-state index in [-0.39, 0.29) is 6.61 Å². The van der Waals surface area contributed by atoms with E-state index in [4.69, 9.17) is 5.11 Å². The van der Waals surface area contributed by atoms with Crippen molar-refractivity contribution in [3.63, 3.8) is 0 Å². The molecule has 1 atom stereocenters. The van der Waals surface area contributed by atoms with Crippen LogP contribution in [0, 0.1) is 0 Å². The molecule has 11 heavy (non-hydrogen) atoms. The summed E-state index contributed by atoms with van der Waals surface area (Å²) in [6.45, 7) is 7.21. The van der Waals surface area contributed by atoms with Gasteiger partial charge in [-0.3, -0.25) is 0 Å². The van der Waals surface area contributed by atoms with Gasteiger partial charge >= 0.3 is 0 Å². The van der Waals surface area contributed by atoms with E-state index in [1.165, 1.54) is 6.08 Å². The summed E-state index contributed by atoms with van der Waals surface area (Å²) in [4.78, 5) is 0. The molecule has 0 aliphatic heterocycles. The average molecular weight is 156 g/mol. The minimum absolute atomic E-state index is 0.0354. The summed E-state index contributed by atoms with van der Waals surface area (Å²) in [5, 5.41) is 18.0. The van der Waals surface area contributed by atoms with Gasteiger partial charge in [0.25, 0.3) is 0 Å². The average Bonchev–Trinajstić information content (AvgIpc) is 1.81. The summed E-state index contributed by atoms with van der Waals surface area (Å²) in [7, 11) is 0. The smallest absolute Gasteiger partial charge is 0.0837 e. The second kappa shape index (κ2) is 4.31. The van der Waals surface area contributed by atoms with Crippen molar-refractivity contribution in [2.24, 2.45) is 0 Å². The van der Waals surface area contributed by atoms with Gasteiger partial charge in [-0.05, 0) is 20.3 Å². The van der Waals surface area contributed by atoms with Crippen LogP contribution in [0.1, 0.15) is 20.3 Å². The maximum Gasteiger partial charge on any atom is 0.0837 e. The third-order valence-electron chi connectivity index (χ3n) is 1.24. The van der Waals surface area contributed by atoms with Gasteiger partial charge in [0.15, 0.2) is 0 Å². The lowest BCUT2D eigenvalue weighted by molar-refractivity contribution is 0.111. The normalized spacial score (nSPS) is 16.7. The van der Waals surface area contributed by atoms with Gasteiger partial charge in [0.05, 0.1) is 12.2 Å². The molecule has 2 N–H and O–H groups in total. The monoisotopic (exact) mass is 156 g/mol. The van der Waals surface area contributed by atoms with Crippen LogP contribution in [0.15, 0.2) is 24.3 Å². The third-order valence-corrected chi connectivity index (χ3v) is 1.24. The number of aliphatic hydroxyl groups excluding tert-OH is 1. The highest BCUT2D eigenvalue weighted by atomic mass is 16.3. The summed E-state index contributed by atoms with van der Waals surface area (Å²) in [5.74, 6) is 0. The van der Waals surface area contributed by atoms with Crippen LogP contribution in [-0.2, 0) is 0 Å². The summed E-state index contributed by atoms with van der Waals surface area (Å²) in [6, 6.07) is 0. The molecule has 2 heteroatoms. The van der Waals surface area contributed by atoms with Crippen molar-refractivity contribution in [2.45, 2.75) is 25.9 Å². The highest BCUT2D eigenvalue weighted by Gasteiger charge is 2.15. The molecular formula is C9H16O2. The van der Waals surface area contributed by atoms with Crippen molar-refractivity contribution < 1.29 is 10.2 Å². The van der Waals surface area contributed by atoms with Gasteiger partial charge in [-0.25, -0.2) is 0 Å². The van der Waals surface area contributed by atoms with Crippen molar-refractivity contribution in [3.05, 3.63) is 24.3 Å². The summed E-state index contributed by atoms with van der Waals surface area (Å²) >= 11 is 0. The van der Waals surface area contributed by atoms with Crippen LogP contribution in [0.5, 0.6) is 0 Å². The highest BCUT2D eigenvalue weighted by Crippen LogP contribution is 2.15. The SMILES string of the molecule is C=C(C)CC(C)(O)C=CCO. The molecule has 0 aliphatic carbocycles. The van der Waals surface area contributed by atoms with Gasteiger partial charge in [0.1, 0.15) is 0 Å². The van der Waals surface area contributed by atoms with E-state index in [0.717, 1.165) is 5.57 Å². The van der Waals surface area contributed by atoms with E-state index >= 15 is 0 Å². The minimum Gasteiger partial charge on any atom is -0.392 e. The molecular weight excluding hydrogens is 140 g/mol. The quantitative estimate of drug-likeness (QED) is 0.601. The molecule has 0 fully saturated rings. The van der Waals surface area contributed by atoms with Crippen LogP contribution >= 0.6 is 0 Å². The zero-order chi connectivity index (χ0) is 8.91. The second-order valence-corrected chi connectivity index (χ2v) is 3.08. The van der Waals surface area contributed by atoms with Gasteiger partial charge in [-0.15, -0.1) is 6.58 Å². The van der Waals surface area contributed by atoms with Gasteiger partial charge in [0.2, 0.25) is 0 Å². The number of rotatable bonds is 4. The number of hydrogen-bond acceptors (Lipinski definition) is 2. The first-order valence-corrected chi connectivity index (χ1v) is 3.63. The van der Waals surface area contributed by atoms with Crippen LogP contribution in [0.3, 0.4) is 0 Å². The zero-order valence-corrected chi connectivity index (χ0v) is 7.17. The van der Waals surface area contributed by atoms with Crippen molar-refractivity contribution in [2.75, 3.05) is 6.61 Å². The first kappa shape index (κ1) is 10.4. The van der Waals surface area contributed by atoms with Crippen LogP contribution in [-0.4, -0.2) is 22.4 Å². The maximum atomic E-state index is 9.56. The van der Waals surface area contributed by atoms with Gasteiger partial charge in [-0.1, -0.05) is 17.7 Å². The van der Waals surface area contributed by atoms with Crippen LogP contribution in [0.4, 0.5) is 0 Å². The molecule has 0 aliphatic rings. The van der Waals surface area contributed by atoms with Crippen LogP contribution < -0.4 is 0 Å². The zero-order valence-electron chi connectivity index (χ0n) is 7.17. The van der Waals surface area contributed by atoms with Gasteiger partial charge in [-0.2, -0.15) is 0 Å². The van der Waals surface area contributed by atoms with E-state index in [0.29, 0.717) is 6.42 Å². The lowest BCUT2D eigenvalue weighted by atomic mass is 9.98. The Labute approximate surface area is 67.9 Å². The Balaban J connectivity index is 3.99. The lowest BCUT2D eigenvalue weighted by Gasteiger charge is -2.18. The van der Waals surface area contributed by atoms with E-state index in [2.05, 4.69) is 6.58 Å². The molecule has 0 aromatic heterocycles. The van der Waals surface area contributed by atoms with E-state index in [9.17, 15) is 5.11 Å². The fourth-order valence-corrected chi connectivity index (χ4v) is 0.976. The predicted octanol–water partition coefficient (Wildman–Crippen LogP) is 1.25. The van der Waals surface area contributed by atoms with Gasteiger partial charge < -0.3 is 10.2 Å². The molecule has 0 heterocycles. The minimum atomic E-state index is -0.867. The highest BCUT2D eigenvalue weighted by molar-refractivity contribution is 5.06. The molecule has 0 amide bonds. The Morgan fingerprint density at radius 3 is 2.55 bits per heavy atom. The summed E-state index contributed by atoms with van der Waals surface area (Å²) < 4.78 is 0. The summed E-state index contributed by atoms with van der Waals surface area (Å²) in [6.07, 6.45) is 3.65. The molecule has 2 nitrogen and oxygen atoms in total. The Morgan fingerprint density at radius 1 is 1.64 bits per heavy atom.